The van der Waals surface area contributed by atoms with Crippen LogP contribution in [-0.2, 0) is 6.42 Å². The predicted molar refractivity (Wildman–Crippen MR) is 51.9 cm³/mol. The molecule has 1 aliphatic rings. The van der Waals surface area contributed by atoms with Crippen LogP contribution in [0.4, 0.5) is 0 Å². The maximum absolute atomic E-state index is 9.80. The maximum atomic E-state index is 9.80. The number of fused-ring (bicyclic) bond motifs is 1. The number of rotatable bonds is 3. The highest BCUT2D eigenvalue weighted by Crippen LogP contribution is 2.42. The first-order valence-electron chi connectivity index (χ1n) is 4.58. The molecule has 0 spiro atoms. The van der Waals surface area contributed by atoms with E-state index in [0.717, 1.165) is 18.5 Å². The second-order valence-corrected chi connectivity index (χ2v) is 3.16. The van der Waals surface area contributed by atoms with Crippen LogP contribution in [0.15, 0.2) is 12.1 Å². The highest BCUT2D eigenvalue weighted by Gasteiger charge is 2.19. The Bertz CT molecular complexity index is 338. The van der Waals surface area contributed by atoms with Gasteiger partial charge in [0.25, 0.3) is 0 Å². The van der Waals surface area contributed by atoms with Crippen molar-refractivity contribution in [3.8, 4) is 17.2 Å². The molecule has 0 radical (unpaired) electrons. The van der Waals surface area contributed by atoms with Gasteiger partial charge < -0.3 is 19.9 Å². The molecule has 1 heterocycles. The molecular weight excluding hydrogens is 182 g/mol. The third-order valence-electron chi connectivity index (χ3n) is 2.24. The minimum atomic E-state index is 0.193. The molecule has 4 heteroatoms. The van der Waals surface area contributed by atoms with Crippen LogP contribution < -0.4 is 14.8 Å². The first-order valence-corrected chi connectivity index (χ1v) is 4.58. The van der Waals surface area contributed by atoms with Crippen molar-refractivity contribution >= 4 is 0 Å². The fourth-order valence-corrected chi connectivity index (χ4v) is 1.46. The summed E-state index contributed by atoms with van der Waals surface area (Å²) in [5.74, 6) is 1.30. The second kappa shape index (κ2) is 3.75. The molecule has 4 nitrogen and oxygen atoms in total. The van der Waals surface area contributed by atoms with Crippen LogP contribution in [0.25, 0.3) is 0 Å². The third kappa shape index (κ3) is 1.48. The molecule has 76 valence electrons. The number of hydrogen-bond donors (Lipinski definition) is 2. The standard InChI is InChI=1S/C10H13NO3/c1-11-5-4-7-2-3-8-10(9(7)12)14-6-13-8/h2-3,11-12H,4-6H2,1H3. The van der Waals surface area contributed by atoms with E-state index in [-0.39, 0.29) is 12.5 Å². The van der Waals surface area contributed by atoms with E-state index in [2.05, 4.69) is 5.32 Å². The summed E-state index contributed by atoms with van der Waals surface area (Å²) in [7, 11) is 1.88. The number of nitrogens with one attached hydrogen (secondary N) is 1. The Morgan fingerprint density at radius 2 is 2.29 bits per heavy atom. The number of hydrogen-bond acceptors (Lipinski definition) is 4. The predicted octanol–water partition coefficient (Wildman–Crippen LogP) is 0.883. The van der Waals surface area contributed by atoms with Gasteiger partial charge in [-0.25, -0.2) is 0 Å². The Labute approximate surface area is 82.5 Å². The Hall–Kier alpha value is -1.42. The lowest BCUT2D eigenvalue weighted by Crippen LogP contribution is -2.10. The number of aromatic hydroxyl groups is 1. The van der Waals surface area contributed by atoms with Crippen molar-refractivity contribution in [2.24, 2.45) is 0 Å². The lowest BCUT2D eigenvalue weighted by atomic mass is 10.1. The van der Waals surface area contributed by atoms with Crippen LogP contribution in [0.1, 0.15) is 5.56 Å². The molecule has 0 amide bonds. The fraction of sp³-hybridized carbons (Fsp3) is 0.400. The van der Waals surface area contributed by atoms with Crippen LogP contribution >= 0.6 is 0 Å². The maximum Gasteiger partial charge on any atom is 0.231 e. The van der Waals surface area contributed by atoms with E-state index in [4.69, 9.17) is 9.47 Å². The molecule has 2 N–H and O–H groups in total. The Balaban J connectivity index is 2.26. The molecular formula is C10H13NO3. The zero-order chi connectivity index (χ0) is 9.97. The summed E-state index contributed by atoms with van der Waals surface area (Å²) in [5.41, 5.74) is 0.878. The molecule has 0 fully saturated rings. The van der Waals surface area contributed by atoms with Crippen molar-refractivity contribution in [3.05, 3.63) is 17.7 Å². The van der Waals surface area contributed by atoms with E-state index >= 15 is 0 Å². The van der Waals surface area contributed by atoms with Gasteiger partial charge in [-0.2, -0.15) is 0 Å². The van der Waals surface area contributed by atoms with Crippen LogP contribution in [0.3, 0.4) is 0 Å². The van der Waals surface area contributed by atoms with Crippen LogP contribution in [0.2, 0.25) is 0 Å². The molecule has 0 saturated carbocycles. The van der Waals surface area contributed by atoms with Gasteiger partial charge in [0.1, 0.15) is 0 Å². The summed E-state index contributed by atoms with van der Waals surface area (Å²) in [6.07, 6.45) is 0.777. The Kier molecular flexibility index (Phi) is 2.45. The number of ether oxygens (including phenoxy) is 2. The SMILES string of the molecule is CNCCc1ccc2c(c1O)OCO2. The number of phenolic OH excluding ortho intramolecular Hbond substituents is 1. The highest BCUT2D eigenvalue weighted by atomic mass is 16.7. The normalized spacial score (nSPS) is 13.2. The summed E-state index contributed by atoms with van der Waals surface area (Å²) in [6.45, 7) is 1.02. The third-order valence-corrected chi connectivity index (χ3v) is 2.24. The Morgan fingerprint density at radius 3 is 3.07 bits per heavy atom. The summed E-state index contributed by atoms with van der Waals surface area (Å²) in [6, 6.07) is 3.69. The monoisotopic (exact) mass is 195 g/mol. The van der Waals surface area contributed by atoms with Gasteiger partial charge in [0.2, 0.25) is 12.5 Å². The molecule has 14 heavy (non-hydrogen) atoms. The summed E-state index contributed by atoms with van der Waals surface area (Å²) in [4.78, 5) is 0. The van der Waals surface area contributed by atoms with Gasteiger partial charge in [0.15, 0.2) is 11.5 Å². The van der Waals surface area contributed by atoms with Gasteiger partial charge in [-0.15, -0.1) is 0 Å². The van der Waals surface area contributed by atoms with E-state index in [9.17, 15) is 5.11 Å². The summed E-state index contributed by atoms with van der Waals surface area (Å²) < 4.78 is 10.3. The van der Waals surface area contributed by atoms with Crippen LogP contribution in [-0.4, -0.2) is 25.5 Å². The minimum absolute atomic E-state index is 0.193. The van der Waals surface area contributed by atoms with Crippen molar-refractivity contribution in [1.29, 1.82) is 0 Å². The molecule has 0 aliphatic carbocycles. The van der Waals surface area contributed by atoms with Crippen molar-refractivity contribution in [3.63, 3.8) is 0 Å². The lowest BCUT2D eigenvalue weighted by molar-refractivity contribution is 0.171. The molecule has 2 rings (SSSR count). The number of phenols is 1. The first kappa shape index (κ1) is 9.15. The summed E-state index contributed by atoms with van der Waals surface area (Å²) >= 11 is 0. The molecule has 0 saturated heterocycles. The summed E-state index contributed by atoms with van der Waals surface area (Å²) in [5, 5.41) is 12.8. The van der Waals surface area contributed by atoms with Gasteiger partial charge in [0.05, 0.1) is 0 Å². The molecule has 1 aliphatic heterocycles. The van der Waals surface area contributed by atoms with E-state index < -0.39 is 0 Å². The minimum Gasteiger partial charge on any atom is -0.504 e. The zero-order valence-electron chi connectivity index (χ0n) is 8.04. The Morgan fingerprint density at radius 1 is 1.43 bits per heavy atom. The van der Waals surface area contributed by atoms with E-state index in [1.165, 1.54) is 0 Å². The first-order chi connectivity index (χ1) is 6.83. The van der Waals surface area contributed by atoms with Gasteiger partial charge in [0, 0.05) is 0 Å². The molecule has 1 aromatic carbocycles. The zero-order valence-corrected chi connectivity index (χ0v) is 8.04. The van der Waals surface area contributed by atoms with Gasteiger partial charge in [-0.3, -0.25) is 0 Å². The average Bonchev–Trinajstić information content (AvgIpc) is 2.66. The largest absolute Gasteiger partial charge is 0.504 e. The second-order valence-electron chi connectivity index (χ2n) is 3.16. The van der Waals surface area contributed by atoms with Crippen molar-refractivity contribution in [2.45, 2.75) is 6.42 Å². The van der Waals surface area contributed by atoms with Crippen molar-refractivity contribution in [2.75, 3.05) is 20.4 Å². The number of benzene rings is 1. The van der Waals surface area contributed by atoms with Gasteiger partial charge in [-0.05, 0) is 31.6 Å². The molecule has 1 aromatic rings. The lowest BCUT2D eigenvalue weighted by Gasteiger charge is -2.06. The number of likely N-dealkylation sites (N-methyl/N-ethyl adjacent to an activating group) is 1. The fourth-order valence-electron chi connectivity index (χ4n) is 1.46. The highest BCUT2D eigenvalue weighted by molar-refractivity contribution is 5.56. The molecule has 0 atom stereocenters. The van der Waals surface area contributed by atoms with Gasteiger partial charge in [-0.1, -0.05) is 6.07 Å². The quantitative estimate of drug-likeness (QED) is 0.751. The van der Waals surface area contributed by atoms with E-state index in [0.29, 0.717) is 11.5 Å². The molecule has 0 bridgehead atoms. The van der Waals surface area contributed by atoms with Crippen molar-refractivity contribution < 1.29 is 14.6 Å². The van der Waals surface area contributed by atoms with E-state index in [1.807, 2.05) is 19.2 Å². The molecule has 0 unspecified atom stereocenters. The van der Waals surface area contributed by atoms with Gasteiger partial charge >= 0.3 is 0 Å². The topological polar surface area (TPSA) is 50.7 Å². The van der Waals surface area contributed by atoms with Crippen LogP contribution in [0.5, 0.6) is 17.2 Å². The smallest absolute Gasteiger partial charge is 0.231 e. The van der Waals surface area contributed by atoms with Crippen molar-refractivity contribution in [1.82, 2.24) is 5.32 Å². The average molecular weight is 195 g/mol. The molecule has 0 aromatic heterocycles. The van der Waals surface area contributed by atoms with E-state index in [1.54, 1.807) is 0 Å². The van der Waals surface area contributed by atoms with Crippen LogP contribution in [0, 0.1) is 0 Å².